The fourth-order valence-electron chi connectivity index (χ4n) is 9.47. The molecule has 4 heterocycles. The predicted molar refractivity (Wildman–Crippen MR) is 287 cm³/mol. The predicted octanol–water partition coefficient (Wildman–Crippen LogP) is 13.0. The molecule has 4 aromatic carbocycles. The van der Waals surface area contributed by atoms with Crippen molar-refractivity contribution in [1.29, 1.82) is 0 Å². The second-order valence-corrected chi connectivity index (χ2v) is 22.3. The maximum atomic E-state index is 12.0. The third kappa shape index (κ3) is 13.1. The number of thioether (sulfide) groups is 1. The van der Waals surface area contributed by atoms with Gasteiger partial charge in [-0.25, -0.2) is 0 Å². The molecule has 378 valence electrons. The number of carbonyl (C=O) groups is 5. The van der Waals surface area contributed by atoms with E-state index >= 15 is 0 Å². The van der Waals surface area contributed by atoms with E-state index in [-0.39, 0.29) is 47.5 Å². The van der Waals surface area contributed by atoms with Crippen molar-refractivity contribution in [2.24, 2.45) is 11.8 Å². The molecule has 2 aromatic heterocycles. The van der Waals surface area contributed by atoms with Gasteiger partial charge in [-0.05, 0) is 115 Å². The lowest BCUT2D eigenvalue weighted by molar-refractivity contribution is -0.222. The van der Waals surface area contributed by atoms with Crippen molar-refractivity contribution in [2.75, 3.05) is 6.26 Å². The third-order valence-corrected chi connectivity index (χ3v) is 17.1. The first-order chi connectivity index (χ1) is 34.5. The monoisotopic (exact) mass is 1030 g/mol. The van der Waals surface area contributed by atoms with Crippen LogP contribution in [-0.2, 0) is 50.9 Å². The summed E-state index contributed by atoms with van der Waals surface area (Å²) in [4.78, 5) is 62.7. The van der Waals surface area contributed by atoms with E-state index in [1.165, 1.54) is 41.7 Å². The number of thiophene rings is 2. The zero-order chi connectivity index (χ0) is 51.8. The van der Waals surface area contributed by atoms with Gasteiger partial charge < -0.3 is 23.7 Å². The molecule has 6 aromatic rings. The summed E-state index contributed by atoms with van der Waals surface area (Å²) in [6.07, 6.45) is 2.87. The summed E-state index contributed by atoms with van der Waals surface area (Å²) in [7, 11) is 0. The summed E-state index contributed by atoms with van der Waals surface area (Å²) in [6.45, 7) is 16.4. The number of aldehydes is 2. The standard InChI is InChI=1S/C30H32O6S.C29H32O4S2/c1-17-9-10-24(29-30(36-21(5)33)28(35-20(4)32)18(2)19(3)34-29)14-25(17)15-26-11-12-27(37-26)23-8-6-7-22(13-23)16-31;1-17-9-10-23(28-29(34-5)27(33-20(4)31)18(2)19(3)32-28)14-24(17)15-25-11-12-26(35-25)22-8-6-7-21(13-22)16-30/h6-14,16,18-19,28-30H,15H2,1-5H3;6-14,16,18-19,27-29H,15H2,1-5H3/t18-,19-,28+,29?,30-;18-,19-,27+,28?,29-/m11/s1. The highest BCUT2D eigenvalue weighted by atomic mass is 32.2. The molecule has 0 bridgehead atoms. The second-order valence-electron chi connectivity index (χ2n) is 18.9. The van der Waals surface area contributed by atoms with Crippen LogP contribution in [0.4, 0.5) is 0 Å². The minimum absolute atomic E-state index is 0.0144. The first kappa shape index (κ1) is 54.1. The second kappa shape index (κ2) is 24.3. The van der Waals surface area contributed by atoms with Crippen LogP contribution in [0.25, 0.3) is 20.9 Å². The Bertz CT molecular complexity index is 2880. The van der Waals surface area contributed by atoms with Crippen molar-refractivity contribution in [3.05, 3.63) is 163 Å². The molecule has 0 spiro atoms. The van der Waals surface area contributed by atoms with Gasteiger partial charge >= 0.3 is 17.9 Å². The number of aryl methyl sites for hydroxylation is 2. The van der Waals surface area contributed by atoms with Gasteiger partial charge in [0.2, 0.25) is 0 Å². The molecule has 2 aliphatic heterocycles. The van der Waals surface area contributed by atoms with Gasteiger partial charge in [-0.3, -0.25) is 24.0 Å². The van der Waals surface area contributed by atoms with Crippen LogP contribution >= 0.6 is 34.4 Å². The topological polar surface area (TPSA) is 132 Å². The van der Waals surface area contributed by atoms with Gasteiger partial charge in [-0.15, -0.1) is 22.7 Å². The molecular formula is C59H64O10S3. The van der Waals surface area contributed by atoms with E-state index in [9.17, 15) is 24.0 Å². The molecule has 0 radical (unpaired) electrons. The SMILES string of the molecule is CC(=O)O[C@H]1[C@H](C)[C@@H](C)OC(c2ccc(C)c(Cc3ccc(-c4cccc(C=O)c4)s3)c2)[C@@H]1OC(C)=O.CS[C@H]1C(c2ccc(C)c(Cc3ccc(-c4cccc(C=O)c4)s3)c2)O[C@H](C)[C@@H](C)[C@@H]1OC(C)=O. The fraction of sp³-hybridized carbons (Fsp3) is 0.373. The highest BCUT2D eigenvalue weighted by Crippen LogP contribution is 2.44. The summed E-state index contributed by atoms with van der Waals surface area (Å²) in [5.74, 6) is -1.13. The minimum Gasteiger partial charge on any atom is -0.461 e. The lowest BCUT2D eigenvalue weighted by atomic mass is 9.85. The van der Waals surface area contributed by atoms with Crippen LogP contribution in [0.2, 0.25) is 0 Å². The Morgan fingerprint density at radius 3 is 1.44 bits per heavy atom. The number of hydrogen-bond donors (Lipinski definition) is 0. The Kier molecular flexibility index (Phi) is 18.3. The summed E-state index contributed by atoms with van der Waals surface area (Å²) < 4.78 is 29.9. The van der Waals surface area contributed by atoms with Gasteiger partial charge in [-0.2, -0.15) is 11.8 Å². The highest BCUT2D eigenvalue weighted by Gasteiger charge is 2.47. The van der Waals surface area contributed by atoms with Crippen LogP contribution in [0.1, 0.15) is 125 Å². The van der Waals surface area contributed by atoms with Gasteiger partial charge in [0.25, 0.3) is 0 Å². The maximum Gasteiger partial charge on any atom is 0.303 e. The largest absolute Gasteiger partial charge is 0.461 e. The van der Waals surface area contributed by atoms with Crippen molar-refractivity contribution < 1.29 is 47.7 Å². The van der Waals surface area contributed by atoms with E-state index in [2.05, 4.69) is 82.5 Å². The highest BCUT2D eigenvalue weighted by molar-refractivity contribution is 7.99. The molecule has 8 rings (SSSR count). The molecule has 72 heavy (non-hydrogen) atoms. The van der Waals surface area contributed by atoms with E-state index in [1.807, 2.05) is 68.4 Å². The number of hydrogen-bond acceptors (Lipinski definition) is 13. The third-order valence-electron chi connectivity index (χ3n) is 13.7. The zero-order valence-corrected chi connectivity index (χ0v) is 45.0. The summed E-state index contributed by atoms with van der Waals surface area (Å²) in [5.41, 5.74) is 10.2. The van der Waals surface area contributed by atoms with Crippen LogP contribution in [0, 0.1) is 25.7 Å². The van der Waals surface area contributed by atoms with Crippen LogP contribution in [-0.4, -0.2) is 72.5 Å². The molecule has 2 aliphatic rings. The fourth-order valence-corrected chi connectivity index (χ4v) is 12.6. The Labute approximate surface area is 435 Å². The van der Waals surface area contributed by atoms with Crippen molar-refractivity contribution >= 4 is 64.9 Å². The van der Waals surface area contributed by atoms with E-state index in [1.54, 1.807) is 40.5 Å². The van der Waals surface area contributed by atoms with Crippen LogP contribution in [0.5, 0.6) is 0 Å². The molecule has 0 amide bonds. The molecule has 0 N–H and O–H groups in total. The Balaban J connectivity index is 0.000000212. The molecule has 2 unspecified atom stereocenters. The summed E-state index contributed by atoms with van der Waals surface area (Å²) >= 11 is 5.14. The van der Waals surface area contributed by atoms with Gasteiger partial charge in [0.05, 0.1) is 23.6 Å². The number of rotatable bonds is 14. The molecule has 10 nitrogen and oxygen atoms in total. The summed E-state index contributed by atoms with van der Waals surface area (Å²) in [5, 5.41) is 0.0269. The number of ether oxygens (including phenoxy) is 5. The van der Waals surface area contributed by atoms with E-state index < -0.39 is 30.3 Å². The van der Waals surface area contributed by atoms with Crippen molar-refractivity contribution in [3.8, 4) is 20.9 Å². The van der Waals surface area contributed by atoms with Gasteiger partial charge in [0.1, 0.15) is 30.9 Å². The smallest absolute Gasteiger partial charge is 0.303 e. The molecule has 13 heteroatoms. The Morgan fingerprint density at radius 2 is 0.986 bits per heavy atom. The van der Waals surface area contributed by atoms with Gasteiger partial charge in [-0.1, -0.05) is 86.6 Å². The average Bonchev–Trinajstić information content (AvgIpc) is 4.04. The first-order valence-electron chi connectivity index (χ1n) is 24.3. The van der Waals surface area contributed by atoms with Gasteiger partial charge in [0.15, 0.2) is 6.10 Å². The Morgan fingerprint density at radius 1 is 0.556 bits per heavy atom. The normalized spacial score (nSPS) is 23.8. The van der Waals surface area contributed by atoms with E-state index in [0.717, 1.165) is 68.5 Å². The van der Waals surface area contributed by atoms with Crippen LogP contribution in [0.3, 0.4) is 0 Å². The van der Waals surface area contributed by atoms with Crippen molar-refractivity contribution in [3.63, 3.8) is 0 Å². The molecule has 0 aliphatic carbocycles. The van der Waals surface area contributed by atoms with E-state index in [4.69, 9.17) is 23.7 Å². The van der Waals surface area contributed by atoms with Crippen LogP contribution in [0.15, 0.2) is 109 Å². The quantitative estimate of drug-likeness (QED) is 0.0587. The molecule has 2 saturated heterocycles. The summed E-state index contributed by atoms with van der Waals surface area (Å²) in [6, 6.07) is 36.5. The van der Waals surface area contributed by atoms with Crippen molar-refractivity contribution in [2.45, 2.75) is 123 Å². The maximum absolute atomic E-state index is 12.0. The number of carbonyl (C=O) groups excluding carboxylic acids is 5. The lowest BCUT2D eigenvalue weighted by Crippen LogP contribution is -2.52. The van der Waals surface area contributed by atoms with Crippen LogP contribution < -0.4 is 0 Å². The first-order valence-corrected chi connectivity index (χ1v) is 27.2. The zero-order valence-electron chi connectivity index (χ0n) is 42.5. The Hall–Kier alpha value is -5.70. The average molecular weight is 1030 g/mol. The molecular weight excluding hydrogens is 965 g/mol. The number of esters is 3. The molecule has 10 atom stereocenters. The number of benzene rings is 4. The van der Waals surface area contributed by atoms with E-state index in [0.29, 0.717) is 11.1 Å². The van der Waals surface area contributed by atoms with Crippen molar-refractivity contribution in [1.82, 2.24) is 0 Å². The minimum atomic E-state index is -0.749. The van der Waals surface area contributed by atoms with Gasteiger partial charge in [0, 0.05) is 76.1 Å². The molecule has 2 fully saturated rings. The lowest BCUT2D eigenvalue weighted by Gasteiger charge is -2.44. The molecule has 0 saturated carbocycles.